The van der Waals surface area contributed by atoms with Gasteiger partial charge in [0.2, 0.25) is 0 Å². The quantitative estimate of drug-likeness (QED) is 0.725. The monoisotopic (exact) mass is 463 g/mol. The van der Waals surface area contributed by atoms with Crippen molar-refractivity contribution in [2.45, 2.75) is 44.4 Å². The topological polar surface area (TPSA) is 73.9 Å². The van der Waals surface area contributed by atoms with E-state index < -0.39 is 5.54 Å². The second kappa shape index (κ2) is 10.2. The van der Waals surface area contributed by atoms with Crippen LogP contribution in [0.4, 0.5) is 8.78 Å². The van der Waals surface area contributed by atoms with Gasteiger partial charge in [0, 0.05) is 17.4 Å². The van der Waals surface area contributed by atoms with E-state index >= 15 is 0 Å². The van der Waals surface area contributed by atoms with E-state index in [0.717, 1.165) is 5.56 Å². The molecule has 0 bridgehead atoms. The lowest BCUT2D eigenvalue weighted by atomic mass is 9.73. The molecule has 3 heterocycles. The van der Waals surface area contributed by atoms with E-state index in [1.807, 2.05) is 26.0 Å². The van der Waals surface area contributed by atoms with Crippen molar-refractivity contribution in [3.63, 3.8) is 0 Å². The molecule has 5 nitrogen and oxygen atoms in total. The van der Waals surface area contributed by atoms with Crippen LogP contribution in [0.5, 0.6) is 0 Å². The first-order chi connectivity index (χ1) is 15.3. The molecule has 3 saturated heterocycles. The summed E-state index contributed by atoms with van der Waals surface area (Å²) >= 11 is 0. The standard InChI is InChI=1S/C13H15FO2.C12H16FNO2.CH4/c1-9-11-6-15-7-13(11,8-16-9)10-4-2-3-5-12(10)14;1-8-10(6-15)12(14,7-16-8)9-4-2-3-5-11(9)13;/h2-5,9,11H,6-8H2,1H3;2-5,8,10,15H,6-7,14H2,1H3;1H4/t9-,11-,13+;8-,10-,12-;/m11./s1. The molecule has 0 unspecified atom stereocenters. The average molecular weight is 464 g/mol. The number of nitrogens with two attached hydrogens (primary N) is 1. The molecule has 3 fully saturated rings. The zero-order valence-corrected chi connectivity index (χ0v) is 18.5. The maximum absolute atomic E-state index is 13.9. The van der Waals surface area contributed by atoms with Gasteiger partial charge in [0.05, 0.1) is 56.2 Å². The minimum Gasteiger partial charge on any atom is -0.396 e. The van der Waals surface area contributed by atoms with E-state index in [1.54, 1.807) is 24.3 Å². The predicted octanol–water partition coefficient (Wildman–Crippen LogP) is 3.77. The van der Waals surface area contributed by atoms with Crippen LogP contribution in [0.2, 0.25) is 0 Å². The van der Waals surface area contributed by atoms with Crippen molar-refractivity contribution in [3.05, 3.63) is 71.3 Å². The number of benzene rings is 2. The summed E-state index contributed by atoms with van der Waals surface area (Å²) in [6.07, 6.45) is -0.00304. The van der Waals surface area contributed by atoms with Gasteiger partial charge in [-0.25, -0.2) is 8.78 Å². The summed E-state index contributed by atoms with van der Waals surface area (Å²) in [7, 11) is 0. The van der Waals surface area contributed by atoms with Gasteiger partial charge in [0.25, 0.3) is 0 Å². The van der Waals surface area contributed by atoms with Gasteiger partial charge in [0.15, 0.2) is 0 Å². The van der Waals surface area contributed by atoms with Gasteiger partial charge >= 0.3 is 0 Å². The van der Waals surface area contributed by atoms with E-state index in [-0.39, 0.29) is 61.7 Å². The molecular weight excluding hydrogens is 428 g/mol. The van der Waals surface area contributed by atoms with Crippen LogP contribution in [-0.2, 0) is 25.2 Å². The Morgan fingerprint density at radius 1 is 0.909 bits per heavy atom. The third-order valence-electron chi connectivity index (χ3n) is 7.33. The largest absolute Gasteiger partial charge is 0.396 e. The van der Waals surface area contributed by atoms with Crippen LogP contribution in [0.15, 0.2) is 48.5 Å². The zero-order valence-electron chi connectivity index (χ0n) is 18.5. The fourth-order valence-corrected chi connectivity index (χ4v) is 5.32. The van der Waals surface area contributed by atoms with Gasteiger partial charge in [-0.2, -0.15) is 0 Å². The number of halogens is 2. The summed E-state index contributed by atoms with van der Waals surface area (Å²) in [5, 5.41) is 9.34. The van der Waals surface area contributed by atoms with Crippen molar-refractivity contribution in [1.82, 2.24) is 0 Å². The molecule has 33 heavy (non-hydrogen) atoms. The Morgan fingerprint density at radius 2 is 1.48 bits per heavy atom. The van der Waals surface area contributed by atoms with Crippen molar-refractivity contribution in [1.29, 1.82) is 0 Å². The van der Waals surface area contributed by atoms with Crippen molar-refractivity contribution in [2.75, 3.05) is 33.0 Å². The summed E-state index contributed by atoms with van der Waals surface area (Å²) in [6, 6.07) is 13.4. The molecule has 0 spiro atoms. The van der Waals surface area contributed by atoms with Crippen molar-refractivity contribution in [3.8, 4) is 0 Å². The first-order valence-electron chi connectivity index (χ1n) is 11.0. The number of ether oxygens (including phenoxy) is 3. The Hall–Kier alpha value is -1.90. The Kier molecular flexibility index (Phi) is 7.91. The van der Waals surface area contributed by atoms with Crippen LogP contribution >= 0.6 is 0 Å². The summed E-state index contributed by atoms with van der Waals surface area (Å²) in [5.41, 5.74) is 6.18. The van der Waals surface area contributed by atoms with Crippen LogP contribution in [0.1, 0.15) is 32.4 Å². The Labute approximate surface area is 194 Å². The summed E-state index contributed by atoms with van der Waals surface area (Å²) in [6.45, 7) is 5.84. The Bertz CT molecular complexity index is 938. The van der Waals surface area contributed by atoms with E-state index in [9.17, 15) is 13.9 Å². The molecule has 0 radical (unpaired) electrons. The normalized spacial score (nSPS) is 34.8. The van der Waals surface area contributed by atoms with Crippen LogP contribution in [0, 0.1) is 23.5 Å². The highest BCUT2D eigenvalue weighted by Gasteiger charge is 2.54. The molecular formula is C26H35F2NO4. The van der Waals surface area contributed by atoms with Gasteiger partial charge in [-0.05, 0) is 31.5 Å². The minimum atomic E-state index is -0.931. The maximum Gasteiger partial charge on any atom is 0.128 e. The van der Waals surface area contributed by atoms with E-state index in [0.29, 0.717) is 25.4 Å². The van der Waals surface area contributed by atoms with Crippen LogP contribution in [0.25, 0.3) is 0 Å². The first-order valence-corrected chi connectivity index (χ1v) is 11.0. The fraction of sp³-hybridized carbons (Fsp3) is 0.538. The number of hydrogen-bond acceptors (Lipinski definition) is 5. The van der Waals surface area contributed by atoms with Gasteiger partial charge < -0.3 is 25.1 Å². The molecule has 0 amide bonds. The third-order valence-corrected chi connectivity index (χ3v) is 7.33. The number of fused-ring (bicyclic) bond motifs is 1. The Morgan fingerprint density at radius 3 is 2.09 bits per heavy atom. The second-order valence-electron chi connectivity index (χ2n) is 9.10. The lowest BCUT2D eigenvalue weighted by molar-refractivity contribution is 0.0577. The highest BCUT2D eigenvalue weighted by Crippen LogP contribution is 2.46. The van der Waals surface area contributed by atoms with Crippen molar-refractivity contribution < 1.29 is 28.1 Å². The molecule has 7 heteroatoms. The minimum absolute atomic E-state index is 0. The molecule has 3 aliphatic rings. The van der Waals surface area contributed by atoms with Crippen LogP contribution in [0.3, 0.4) is 0 Å². The van der Waals surface area contributed by atoms with Crippen molar-refractivity contribution in [2.24, 2.45) is 17.6 Å². The molecule has 0 aliphatic carbocycles. The smallest absolute Gasteiger partial charge is 0.128 e. The average Bonchev–Trinajstić information content (AvgIpc) is 3.43. The van der Waals surface area contributed by atoms with Gasteiger partial charge in [-0.1, -0.05) is 43.8 Å². The lowest BCUT2D eigenvalue weighted by Crippen LogP contribution is -2.47. The first kappa shape index (κ1) is 25.7. The van der Waals surface area contributed by atoms with E-state index in [4.69, 9.17) is 19.9 Å². The van der Waals surface area contributed by atoms with Crippen LogP contribution < -0.4 is 5.73 Å². The second-order valence-corrected chi connectivity index (χ2v) is 9.10. The number of aliphatic hydroxyl groups is 1. The molecule has 2 aromatic carbocycles. The van der Waals surface area contributed by atoms with Crippen LogP contribution in [-0.4, -0.2) is 50.3 Å². The predicted molar refractivity (Wildman–Crippen MR) is 123 cm³/mol. The molecule has 5 rings (SSSR count). The highest BCUT2D eigenvalue weighted by molar-refractivity contribution is 5.32. The van der Waals surface area contributed by atoms with E-state index in [1.165, 1.54) is 12.1 Å². The molecule has 0 aromatic heterocycles. The summed E-state index contributed by atoms with van der Waals surface area (Å²) < 4.78 is 44.3. The Balaban J connectivity index is 0.000000180. The van der Waals surface area contributed by atoms with E-state index in [2.05, 4.69) is 0 Å². The zero-order chi connectivity index (χ0) is 22.9. The maximum atomic E-state index is 13.9. The molecule has 6 atom stereocenters. The lowest BCUT2D eigenvalue weighted by Gasteiger charge is -2.30. The number of rotatable bonds is 3. The molecule has 3 aliphatic heterocycles. The summed E-state index contributed by atoms with van der Waals surface area (Å²) in [4.78, 5) is 0. The fourth-order valence-electron chi connectivity index (χ4n) is 5.32. The van der Waals surface area contributed by atoms with Gasteiger partial charge in [-0.3, -0.25) is 0 Å². The third kappa shape index (κ3) is 4.45. The molecule has 2 aromatic rings. The molecule has 3 N–H and O–H groups in total. The van der Waals surface area contributed by atoms with Crippen molar-refractivity contribution >= 4 is 0 Å². The number of aliphatic hydroxyl groups excluding tert-OH is 1. The molecule has 182 valence electrons. The molecule has 0 saturated carbocycles. The highest BCUT2D eigenvalue weighted by atomic mass is 19.1. The summed E-state index contributed by atoms with van der Waals surface area (Å²) in [5.74, 6) is -0.481. The number of hydrogen-bond donors (Lipinski definition) is 2. The van der Waals surface area contributed by atoms with Gasteiger partial charge in [-0.15, -0.1) is 0 Å². The SMILES string of the molecule is C.C[C@H]1OC[C@@](N)(c2ccccc2F)[C@@H]1CO.C[C@H]1OC[C@]2(c3ccccc3F)COC[C@H]12. The van der Waals surface area contributed by atoms with Gasteiger partial charge in [0.1, 0.15) is 11.6 Å².